The van der Waals surface area contributed by atoms with Crippen molar-refractivity contribution in [2.45, 2.75) is 5.41 Å². The minimum atomic E-state index is -0.398. The van der Waals surface area contributed by atoms with Crippen molar-refractivity contribution in [1.82, 2.24) is 0 Å². The zero-order valence-electron chi connectivity index (χ0n) is 36.7. The SMILES string of the molecule is C(=Cc1ccc(-c2cccc3ccccc23)c2ccccc12)c1ccc(-c2c3ccccc3c(-c3ccc4c(c3)C3(c5ccccc5-c5ccccc53)c3ccccc3-4)c3ccccc23)cc1. The number of benzene rings is 12. The smallest absolute Gasteiger partial charge is 0.0619 e. The van der Waals surface area contributed by atoms with Crippen molar-refractivity contribution in [1.29, 1.82) is 0 Å². The van der Waals surface area contributed by atoms with Gasteiger partial charge in [-0.25, -0.2) is 0 Å². The summed E-state index contributed by atoms with van der Waals surface area (Å²) in [6, 6.07) is 90.4. The largest absolute Gasteiger partial charge is 0.0725 e. The maximum atomic E-state index is 2.53. The van der Waals surface area contributed by atoms with E-state index in [2.05, 4.69) is 255 Å². The molecule has 12 aromatic carbocycles. The van der Waals surface area contributed by atoms with Crippen molar-refractivity contribution in [3.8, 4) is 55.6 Å². The molecule has 0 bridgehead atoms. The normalized spacial score (nSPS) is 13.1. The third kappa shape index (κ3) is 5.48. The van der Waals surface area contributed by atoms with Crippen molar-refractivity contribution in [2.75, 3.05) is 0 Å². The lowest BCUT2D eigenvalue weighted by atomic mass is 9.70. The van der Waals surface area contributed by atoms with E-state index in [0.717, 1.165) is 0 Å². The average molecular weight is 847 g/mol. The zero-order valence-corrected chi connectivity index (χ0v) is 36.7. The number of fused-ring (bicyclic) bond motifs is 14. The summed E-state index contributed by atoms with van der Waals surface area (Å²) in [4.78, 5) is 0. The van der Waals surface area contributed by atoms with Crippen LogP contribution in [0, 0.1) is 0 Å². The molecule has 0 unspecified atom stereocenters. The zero-order chi connectivity index (χ0) is 44.1. The Hall–Kier alpha value is -8.58. The molecule has 0 saturated carbocycles. The molecule has 310 valence electrons. The fourth-order valence-electron chi connectivity index (χ4n) is 12.1. The van der Waals surface area contributed by atoms with Gasteiger partial charge in [-0.15, -0.1) is 0 Å². The summed E-state index contributed by atoms with van der Waals surface area (Å²) >= 11 is 0. The molecule has 0 atom stereocenters. The standard InChI is InChI=1S/C67H42/c1-2-18-48-44(16-1)17-15-28-51(48)52-40-38-45(49-19-3-4-20-50(49)52)35-32-43-33-36-46(37-34-43)65-57-24-5-7-26-59(57)66(60-27-8-6-25-58(60)65)47-39-41-56-55-23-11-14-31-63(55)67(64(56)42-47)61-29-12-9-21-53(61)54-22-10-13-30-62(54)67/h1-42H. The summed E-state index contributed by atoms with van der Waals surface area (Å²) in [6.45, 7) is 0. The van der Waals surface area contributed by atoms with Gasteiger partial charge in [0, 0.05) is 0 Å². The number of hydrogen-bond donors (Lipinski definition) is 0. The van der Waals surface area contributed by atoms with Crippen LogP contribution in [0.1, 0.15) is 33.4 Å². The highest BCUT2D eigenvalue weighted by Crippen LogP contribution is 2.63. The lowest BCUT2D eigenvalue weighted by Gasteiger charge is -2.30. The third-order valence-corrected chi connectivity index (χ3v) is 14.9. The first-order valence-electron chi connectivity index (χ1n) is 23.4. The molecule has 2 aliphatic rings. The molecule has 0 fully saturated rings. The van der Waals surface area contributed by atoms with Gasteiger partial charge in [-0.3, -0.25) is 0 Å². The minimum Gasteiger partial charge on any atom is -0.0619 e. The highest BCUT2D eigenvalue weighted by atomic mass is 14.5. The molecule has 0 saturated heterocycles. The summed E-state index contributed by atoms with van der Waals surface area (Å²) in [6.07, 6.45) is 4.52. The molecular weight excluding hydrogens is 805 g/mol. The summed E-state index contributed by atoms with van der Waals surface area (Å²) in [5.74, 6) is 0. The maximum absolute atomic E-state index is 2.53. The second-order valence-electron chi connectivity index (χ2n) is 18.2. The van der Waals surface area contributed by atoms with Crippen molar-refractivity contribution >= 4 is 55.2 Å². The molecule has 0 N–H and O–H groups in total. The molecule has 0 amide bonds. The minimum absolute atomic E-state index is 0.398. The Balaban J connectivity index is 0.880. The van der Waals surface area contributed by atoms with Crippen LogP contribution in [0.5, 0.6) is 0 Å². The van der Waals surface area contributed by atoms with Gasteiger partial charge in [-0.1, -0.05) is 249 Å². The van der Waals surface area contributed by atoms with E-state index < -0.39 is 5.41 Å². The van der Waals surface area contributed by atoms with Crippen molar-refractivity contribution in [3.05, 3.63) is 276 Å². The van der Waals surface area contributed by atoms with Gasteiger partial charge in [-0.2, -0.15) is 0 Å². The van der Waals surface area contributed by atoms with Gasteiger partial charge < -0.3 is 0 Å². The van der Waals surface area contributed by atoms with Crippen LogP contribution in [-0.2, 0) is 5.41 Å². The molecule has 0 heteroatoms. The Kier molecular flexibility index (Phi) is 8.30. The highest BCUT2D eigenvalue weighted by molar-refractivity contribution is 6.21. The van der Waals surface area contributed by atoms with E-state index in [4.69, 9.17) is 0 Å². The fourth-order valence-corrected chi connectivity index (χ4v) is 12.1. The number of rotatable bonds is 5. The van der Waals surface area contributed by atoms with Gasteiger partial charge in [-0.05, 0) is 138 Å². The van der Waals surface area contributed by atoms with E-state index in [9.17, 15) is 0 Å². The molecule has 0 heterocycles. The lowest BCUT2D eigenvalue weighted by molar-refractivity contribution is 0.794. The molecule has 1 spiro atoms. The molecule has 12 aromatic rings. The predicted molar refractivity (Wildman–Crippen MR) is 284 cm³/mol. The van der Waals surface area contributed by atoms with E-state index in [1.807, 2.05) is 0 Å². The van der Waals surface area contributed by atoms with Crippen LogP contribution >= 0.6 is 0 Å². The van der Waals surface area contributed by atoms with E-state index in [1.54, 1.807) is 0 Å². The second-order valence-corrected chi connectivity index (χ2v) is 18.2. The Labute approximate surface area is 390 Å². The summed E-state index contributed by atoms with van der Waals surface area (Å²) in [5.41, 5.74) is 20.3. The Morgan fingerprint density at radius 2 is 0.672 bits per heavy atom. The molecular formula is C67H42. The lowest BCUT2D eigenvalue weighted by Crippen LogP contribution is -2.25. The predicted octanol–water partition coefficient (Wildman–Crippen LogP) is 17.8. The highest BCUT2D eigenvalue weighted by Gasteiger charge is 2.51. The van der Waals surface area contributed by atoms with Crippen LogP contribution < -0.4 is 0 Å². The van der Waals surface area contributed by atoms with Crippen LogP contribution in [-0.4, -0.2) is 0 Å². The van der Waals surface area contributed by atoms with Crippen molar-refractivity contribution in [3.63, 3.8) is 0 Å². The van der Waals surface area contributed by atoms with Gasteiger partial charge in [0.15, 0.2) is 0 Å². The van der Waals surface area contributed by atoms with Crippen LogP contribution in [0.3, 0.4) is 0 Å². The molecule has 0 aliphatic heterocycles. The quantitative estimate of drug-likeness (QED) is 0.120. The van der Waals surface area contributed by atoms with Gasteiger partial charge in [0.25, 0.3) is 0 Å². The number of hydrogen-bond acceptors (Lipinski definition) is 0. The van der Waals surface area contributed by atoms with Crippen LogP contribution in [0.15, 0.2) is 243 Å². The van der Waals surface area contributed by atoms with E-state index in [1.165, 1.54) is 132 Å². The fraction of sp³-hybridized carbons (Fsp3) is 0.0149. The van der Waals surface area contributed by atoms with Crippen molar-refractivity contribution < 1.29 is 0 Å². The van der Waals surface area contributed by atoms with E-state index in [0.29, 0.717) is 0 Å². The third-order valence-electron chi connectivity index (χ3n) is 14.9. The van der Waals surface area contributed by atoms with E-state index >= 15 is 0 Å². The van der Waals surface area contributed by atoms with Gasteiger partial charge in [0.05, 0.1) is 5.41 Å². The summed E-state index contributed by atoms with van der Waals surface area (Å²) < 4.78 is 0. The maximum Gasteiger partial charge on any atom is 0.0725 e. The Bertz CT molecular complexity index is 3910. The second kappa shape index (κ2) is 14.7. The molecule has 0 nitrogen and oxygen atoms in total. The Morgan fingerprint density at radius 3 is 1.28 bits per heavy atom. The van der Waals surface area contributed by atoms with Gasteiger partial charge >= 0.3 is 0 Å². The monoisotopic (exact) mass is 846 g/mol. The van der Waals surface area contributed by atoms with Crippen LogP contribution in [0.2, 0.25) is 0 Å². The van der Waals surface area contributed by atoms with Crippen LogP contribution in [0.25, 0.3) is 111 Å². The molecule has 0 radical (unpaired) electrons. The summed E-state index contributed by atoms with van der Waals surface area (Å²) in [7, 11) is 0. The molecule has 14 rings (SSSR count). The first-order valence-corrected chi connectivity index (χ1v) is 23.4. The van der Waals surface area contributed by atoms with Gasteiger partial charge in [0.1, 0.15) is 0 Å². The molecule has 0 aromatic heterocycles. The van der Waals surface area contributed by atoms with E-state index in [-0.39, 0.29) is 0 Å². The molecule has 2 aliphatic carbocycles. The first kappa shape index (κ1) is 37.8. The van der Waals surface area contributed by atoms with Crippen LogP contribution in [0.4, 0.5) is 0 Å². The topological polar surface area (TPSA) is 0 Å². The first-order chi connectivity index (χ1) is 33.3. The van der Waals surface area contributed by atoms with Crippen molar-refractivity contribution in [2.24, 2.45) is 0 Å². The average Bonchev–Trinajstić information content (AvgIpc) is 3.86. The molecule has 67 heavy (non-hydrogen) atoms. The summed E-state index contributed by atoms with van der Waals surface area (Å²) in [5, 5.41) is 10.1. The van der Waals surface area contributed by atoms with Gasteiger partial charge in [0.2, 0.25) is 0 Å². The Morgan fingerprint density at radius 1 is 0.254 bits per heavy atom.